The Kier molecular flexibility index (Phi) is 5.20. The van der Waals surface area contributed by atoms with Gasteiger partial charge in [-0.05, 0) is 78.2 Å². The van der Waals surface area contributed by atoms with Gasteiger partial charge in [0.1, 0.15) is 0 Å². The Labute approximate surface area is 155 Å². The zero-order valence-electron chi connectivity index (χ0n) is 14.2. The first kappa shape index (κ1) is 17.6. The molecule has 0 aliphatic heterocycles. The summed E-state index contributed by atoms with van der Waals surface area (Å²) < 4.78 is 1.60. The Morgan fingerprint density at radius 1 is 1.08 bits per heavy atom. The van der Waals surface area contributed by atoms with E-state index in [0.29, 0.717) is 10.2 Å². The number of aromatic nitrogens is 4. The van der Waals surface area contributed by atoms with Crippen molar-refractivity contribution in [3.63, 3.8) is 0 Å². The predicted octanol–water partition coefficient (Wildman–Crippen LogP) is 4.22. The number of tetrazole rings is 1. The van der Waals surface area contributed by atoms with E-state index in [9.17, 15) is 4.79 Å². The van der Waals surface area contributed by atoms with Crippen molar-refractivity contribution in [1.82, 2.24) is 20.2 Å². The molecule has 0 fully saturated rings. The van der Waals surface area contributed by atoms with Gasteiger partial charge in [0, 0.05) is 10.6 Å². The van der Waals surface area contributed by atoms with E-state index in [1.165, 1.54) is 17.3 Å². The molecule has 2 aromatic carbocycles. The molecule has 0 spiro atoms. The average molecular weight is 373 g/mol. The molecular formula is C18H17ClN4OS. The highest BCUT2D eigenvalue weighted by molar-refractivity contribution is 7.99. The Morgan fingerprint density at radius 2 is 1.76 bits per heavy atom. The monoisotopic (exact) mass is 372 g/mol. The van der Waals surface area contributed by atoms with Gasteiger partial charge in [-0.1, -0.05) is 29.4 Å². The minimum atomic E-state index is 0.0660. The van der Waals surface area contributed by atoms with Crippen molar-refractivity contribution in [3.8, 4) is 5.69 Å². The summed E-state index contributed by atoms with van der Waals surface area (Å²) in [5, 5.41) is 12.9. The molecule has 0 unspecified atom stereocenters. The molecule has 3 rings (SSSR count). The molecule has 1 heterocycles. The molecule has 1 aromatic heterocycles. The average Bonchev–Trinajstić information content (AvgIpc) is 3.05. The van der Waals surface area contributed by atoms with E-state index in [2.05, 4.69) is 15.5 Å². The molecule has 3 aromatic rings. The van der Waals surface area contributed by atoms with E-state index in [1.807, 2.05) is 45.0 Å². The van der Waals surface area contributed by atoms with Gasteiger partial charge in [0.2, 0.25) is 5.16 Å². The van der Waals surface area contributed by atoms with Gasteiger partial charge in [-0.3, -0.25) is 4.79 Å². The van der Waals surface area contributed by atoms with Crippen molar-refractivity contribution < 1.29 is 4.79 Å². The number of Topliss-reactive ketones (excluding diaryl/α,β-unsaturated/α-hetero) is 1. The van der Waals surface area contributed by atoms with E-state index in [4.69, 9.17) is 11.6 Å². The number of carbonyl (C=O) groups is 1. The molecule has 25 heavy (non-hydrogen) atoms. The van der Waals surface area contributed by atoms with Crippen molar-refractivity contribution in [2.24, 2.45) is 0 Å². The predicted molar refractivity (Wildman–Crippen MR) is 99.9 cm³/mol. The number of rotatable bonds is 5. The van der Waals surface area contributed by atoms with Crippen LogP contribution in [0.3, 0.4) is 0 Å². The molecule has 0 radical (unpaired) electrons. The second-order valence-corrected chi connectivity index (χ2v) is 7.19. The van der Waals surface area contributed by atoms with Crippen LogP contribution < -0.4 is 0 Å². The largest absolute Gasteiger partial charge is 0.293 e. The van der Waals surface area contributed by atoms with Gasteiger partial charge < -0.3 is 0 Å². The molecule has 0 aliphatic rings. The fourth-order valence-corrected chi connectivity index (χ4v) is 3.38. The van der Waals surface area contributed by atoms with Gasteiger partial charge >= 0.3 is 0 Å². The third-order valence-electron chi connectivity index (χ3n) is 3.99. The highest BCUT2D eigenvalue weighted by Crippen LogP contribution is 2.22. The number of ketones is 1. The Balaban J connectivity index is 1.77. The molecule has 128 valence electrons. The maximum Gasteiger partial charge on any atom is 0.214 e. The number of carbonyl (C=O) groups excluding carboxylic acids is 1. The van der Waals surface area contributed by atoms with E-state index in [-0.39, 0.29) is 11.5 Å². The summed E-state index contributed by atoms with van der Waals surface area (Å²) in [7, 11) is 0. The molecule has 5 nitrogen and oxygen atoms in total. The lowest BCUT2D eigenvalue weighted by Crippen LogP contribution is -2.07. The molecule has 7 heteroatoms. The number of aryl methyl sites for hydroxylation is 3. The lowest BCUT2D eigenvalue weighted by Gasteiger charge is -2.09. The molecule has 0 atom stereocenters. The second kappa shape index (κ2) is 7.37. The van der Waals surface area contributed by atoms with Crippen LogP contribution in [0.25, 0.3) is 5.69 Å². The lowest BCUT2D eigenvalue weighted by molar-refractivity contribution is 0.102. The number of hydrogen-bond donors (Lipinski definition) is 0. The van der Waals surface area contributed by atoms with Crippen molar-refractivity contribution >= 4 is 29.1 Å². The van der Waals surface area contributed by atoms with Crippen LogP contribution >= 0.6 is 23.4 Å². The lowest BCUT2D eigenvalue weighted by atomic mass is 9.99. The van der Waals surface area contributed by atoms with Gasteiger partial charge in [0.15, 0.2) is 5.78 Å². The fourth-order valence-electron chi connectivity index (χ4n) is 2.48. The number of benzene rings is 2. The Morgan fingerprint density at radius 3 is 2.48 bits per heavy atom. The summed E-state index contributed by atoms with van der Waals surface area (Å²) in [5.74, 6) is 0.341. The summed E-state index contributed by atoms with van der Waals surface area (Å²) in [6.07, 6.45) is 0. The van der Waals surface area contributed by atoms with Crippen molar-refractivity contribution in [2.75, 3.05) is 5.75 Å². The maximum absolute atomic E-state index is 12.6. The fraction of sp³-hybridized carbons (Fsp3) is 0.222. The van der Waals surface area contributed by atoms with Crippen LogP contribution in [0.15, 0.2) is 41.6 Å². The zero-order chi connectivity index (χ0) is 18.0. The van der Waals surface area contributed by atoms with Crippen LogP contribution in [0.4, 0.5) is 0 Å². The van der Waals surface area contributed by atoms with Gasteiger partial charge in [0.25, 0.3) is 0 Å². The van der Waals surface area contributed by atoms with Crippen LogP contribution in [-0.4, -0.2) is 31.7 Å². The van der Waals surface area contributed by atoms with Crippen LogP contribution in [0.1, 0.15) is 27.0 Å². The highest BCUT2D eigenvalue weighted by Gasteiger charge is 2.15. The van der Waals surface area contributed by atoms with Gasteiger partial charge in [-0.15, -0.1) is 5.10 Å². The van der Waals surface area contributed by atoms with Crippen molar-refractivity contribution in [1.29, 1.82) is 0 Å². The van der Waals surface area contributed by atoms with E-state index in [1.54, 1.807) is 16.8 Å². The topological polar surface area (TPSA) is 60.7 Å². The summed E-state index contributed by atoms with van der Waals surface area (Å²) in [6.45, 7) is 6.02. The normalized spacial score (nSPS) is 10.9. The highest BCUT2D eigenvalue weighted by atomic mass is 35.5. The van der Waals surface area contributed by atoms with Gasteiger partial charge in [-0.2, -0.15) is 4.68 Å². The van der Waals surface area contributed by atoms with Crippen LogP contribution in [0, 0.1) is 20.8 Å². The maximum atomic E-state index is 12.6. The van der Waals surface area contributed by atoms with E-state index < -0.39 is 0 Å². The molecule has 0 saturated heterocycles. The Bertz CT molecular complexity index is 921. The van der Waals surface area contributed by atoms with Crippen molar-refractivity contribution in [2.45, 2.75) is 25.9 Å². The first-order valence-electron chi connectivity index (χ1n) is 7.74. The number of halogens is 1. The standard InChI is InChI=1S/C18H17ClN4OS/c1-11-8-13(3)16(9-12(11)2)17(24)10-25-18-20-21-22-23(18)15-6-4-14(19)5-7-15/h4-9H,10H2,1-3H3. The number of nitrogens with zero attached hydrogens (tertiary/aromatic N) is 4. The molecule has 0 amide bonds. The molecule has 0 N–H and O–H groups in total. The van der Waals surface area contributed by atoms with E-state index >= 15 is 0 Å². The van der Waals surface area contributed by atoms with Crippen LogP contribution in [-0.2, 0) is 0 Å². The molecule has 0 saturated carbocycles. The summed E-state index contributed by atoms with van der Waals surface area (Å²) in [5.41, 5.74) is 4.84. The smallest absolute Gasteiger partial charge is 0.214 e. The third kappa shape index (κ3) is 3.91. The number of thioether (sulfide) groups is 1. The first-order valence-corrected chi connectivity index (χ1v) is 9.10. The van der Waals surface area contributed by atoms with Crippen LogP contribution in [0.5, 0.6) is 0 Å². The minimum Gasteiger partial charge on any atom is -0.293 e. The SMILES string of the molecule is Cc1cc(C)c(C(=O)CSc2nnnn2-c2ccc(Cl)cc2)cc1C. The summed E-state index contributed by atoms with van der Waals surface area (Å²) in [4.78, 5) is 12.6. The number of hydrogen-bond acceptors (Lipinski definition) is 5. The third-order valence-corrected chi connectivity index (χ3v) is 5.16. The van der Waals surface area contributed by atoms with Crippen LogP contribution in [0.2, 0.25) is 5.02 Å². The summed E-state index contributed by atoms with van der Waals surface area (Å²) >= 11 is 7.23. The van der Waals surface area contributed by atoms with Crippen molar-refractivity contribution in [3.05, 3.63) is 63.7 Å². The van der Waals surface area contributed by atoms with Gasteiger partial charge in [0.05, 0.1) is 11.4 Å². The first-order chi connectivity index (χ1) is 12.0. The zero-order valence-corrected chi connectivity index (χ0v) is 15.7. The van der Waals surface area contributed by atoms with Gasteiger partial charge in [-0.25, -0.2) is 0 Å². The van der Waals surface area contributed by atoms with E-state index in [0.717, 1.165) is 22.4 Å². The minimum absolute atomic E-state index is 0.0660. The Hall–Kier alpha value is -2.18. The molecule has 0 aliphatic carbocycles. The summed E-state index contributed by atoms with van der Waals surface area (Å²) in [6, 6.07) is 11.2. The molecule has 0 bridgehead atoms. The molecular weight excluding hydrogens is 356 g/mol. The quantitative estimate of drug-likeness (QED) is 0.495. The second-order valence-electron chi connectivity index (χ2n) is 5.81.